The monoisotopic (exact) mass is 243 g/mol. The van der Waals surface area contributed by atoms with E-state index in [0.29, 0.717) is 17.9 Å². The zero-order valence-electron chi connectivity index (χ0n) is 9.50. The first kappa shape index (κ1) is 13.5. The van der Waals surface area contributed by atoms with Crippen LogP contribution in [-0.2, 0) is 6.54 Å². The van der Waals surface area contributed by atoms with Crippen molar-refractivity contribution in [3.8, 4) is 0 Å². The summed E-state index contributed by atoms with van der Waals surface area (Å²) in [6, 6.07) is 5.08. The average Bonchev–Trinajstić information content (AvgIpc) is 2.29. The molecule has 0 aliphatic heterocycles. The SMILES string of the molecule is CCCNCc1c(F)cccc1SCCO. The third kappa shape index (κ3) is 4.12. The maximum absolute atomic E-state index is 13.6. The third-order valence-corrected chi connectivity index (χ3v) is 3.23. The van der Waals surface area contributed by atoms with Crippen molar-refractivity contribution in [1.82, 2.24) is 5.32 Å². The van der Waals surface area contributed by atoms with Crippen LogP contribution in [0.1, 0.15) is 18.9 Å². The number of hydrogen-bond acceptors (Lipinski definition) is 3. The lowest BCUT2D eigenvalue weighted by Crippen LogP contribution is -2.15. The summed E-state index contributed by atoms with van der Waals surface area (Å²) in [6.07, 6.45) is 1.04. The molecule has 0 saturated carbocycles. The molecule has 1 rings (SSSR count). The fourth-order valence-corrected chi connectivity index (χ4v) is 2.22. The second-order valence-corrected chi connectivity index (χ2v) is 4.60. The van der Waals surface area contributed by atoms with Gasteiger partial charge in [0.1, 0.15) is 5.82 Å². The van der Waals surface area contributed by atoms with Crippen molar-refractivity contribution < 1.29 is 9.50 Å². The highest BCUT2D eigenvalue weighted by Gasteiger charge is 2.07. The highest BCUT2D eigenvalue weighted by molar-refractivity contribution is 7.99. The number of hydrogen-bond donors (Lipinski definition) is 2. The molecule has 0 aliphatic rings. The van der Waals surface area contributed by atoms with Crippen molar-refractivity contribution in [3.05, 3.63) is 29.6 Å². The van der Waals surface area contributed by atoms with Crippen molar-refractivity contribution in [3.63, 3.8) is 0 Å². The van der Waals surface area contributed by atoms with Crippen LogP contribution in [-0.4, -0.2) is 24.0 Å². The van der Waals surface area contributed by atoms with Crippen LogP contribution in [0.4, 0.5) is 4.39 Å². The predicted octanol–water partition coefficient (Wildman–Crippen LogP) is 2.41. The molecule has 0 aromatic heterocycles. The molecule has 0 saturated heterocycles. The summed E-state index contributed by atoms with van der Waals surface area (Å²) in [5.74, 6) is 0.427. The lowest BCUT2D eigenvalue weighted by atomic mass is 10.2. The van der Waals surface area contributed by atoms with E-state index in [1.807, 2.05) is 6.07 Å². The number of aliphatic hydroxyl groups excluding tert-OH is 1. The topological polar surface area (TPSA) is 32.3 Å². The van der Waals surface area contributed by atoms with Crippen LogP contribution in [0, 0.1) is 5.82 Å². The van der Waals surface area contributed by atoms with E-state index in [1.54, 1.807) is 6.07 Å². The van der Waals surface area contributed by atoms with Gasteiger partial charge in [0.15, 0.2) is 0 Å². The summed E-state index contributed by atoms with van der Waals surface area (Å²) in [4.78, 5) is 0.914. The Bertz CT molecular complexity index is 320. The minimum Gasteiger partial charge on any atom is -0.396 e. The molecule has 2 N–H and O–H groups in total. The Morgan fingerprint density at radius 2 is 2.25 bits per heavy atom. The molecule has 4 heteroatoms. The molecule has 0 fully saturated rings. The molecule has 1 aromatic rings. The molecule has 0 heterocycles. The van der Waals surface area contributed by atoms with Crippen molar-refractivity contribution in [2.24, 2.45) is 0 Å². The molecule has 0 atom stereocenters. The van der Waals surface area contributed by atoms with Gasteiger partial charge in [-0.3, -0.25) is 0 Å². The first-order chi connectivity index (χ1) is 7.79. The van der Waals surface area contributed by atoms with Crippen LogP contribution in [0.15, 0.2) is 23.1 Å². The summed E-state index contributed by atoms with van der Waals surface area (Å²) in [6.45, 7) is 3.63. The van der Waals surface area contributed by atoms with Crippen LogP contribution in [0.3, 0.4) is 0 Å². The zero-order chi connectivity index (χ0) is 11.8. The smallest absolute Gasteiger partial charge is 0.128 e. The summed E-state index contributed by atoms with van der Waals surface area (Å²) in [5.41, 5.74) is 0.703. The maximum Gasteiger partial charge on any atom is 0.128 e. The number of nitrogens with one attached hydrogen (secondary N) is 1. The van der Waals surface area contributed by atoms with E-state index in [0.717, 1.165) is 17.9 Å². The van der Waals surface area contributed by atoms with Gasteiger partial charge >= 0.3 is 0 Å². The summed E-state index contributed by atoms with van der Waals surface area (Å²) in [5, 5.41) is 12.0. The minimum atomic E-state index is -0.174. The molecule has 0 bridgehead atoms. The molecule has 0 radical (unpaired) electrons. The molecular weight excluding hydrogens is 225 g/mol. The number of thioether (sulfide) groups is 1. The van der Waals surface area contributed by atoms with Crippen LogP contribution in [0.5, 0.6) is 0 Å². The number of benzene rings is 1. The Morgan fingerprint density at radius 1 is 1.44 bits per heavy atom. The fourth-order valence-electron chi connectivity index (χ4n) is 1.39. The van der Waals surface area contributed by atoms with Gasteiger partial charge in [-0.25, -0.2) is 4.39 Å². The molecule has 0 spiro atoms. The second-order valence-electron chi connectivity index (χ2n) is 3.47. The number of halogens is 1. The lowest BCUT2D eigenvalue weighted by molar-refractivity contribution is 0.322. The predicted molar refractivity (Wildman–Crippen MR) is 66.2 cm³/mol. The molecule has 0 aliphatic carbocycles. The Morgan fingerprint density at radius 3 is 2.94 bits per heavy atom. The second kappa shape index (κ2) is 7.65. The van der Waals surface area contributed by atoms with E-state index < -0.39 is 0 Å². The highest BCUT2D eigenvalue weighted by atomic mass is 32.2. The Kier molecular flexibility index (Phi) is 6.45. The van der Waals surface area contributed by atoms with Gasteiger partial charge in [-0.2, -0.15) is 0 Å². The normalized spacial score (nSPS) is 10.7. The standard InChI is InChI=1S/C12H18FNOS/c1-2-6-14-9-10-11(13)4-3-5-12(10)16-8-7-15/h3-5,14-15H,2,6-9H2,1H3. The quantitative estimate of drug-likeness (QED) is 0.570. The first-order valence-electron chi connectivity index (χ1n) is 5.51. The Labute approximate surface area is 100 Å². The molecule has 0 unspecified atom stereocenters. The summed E-state index contributed by atoms with van der Waals surface area (Å²) in [7, 11) is 0. The Balaban J connectivity index is 2.69. The first-order valence-corrected chi connectivity index (χ1v) is 6.50. The largest absolute Gasteiger partial charge is 0.396 e. The van der Waals surface area contributed by atoms with Gasteiger partial charge in [-0.15, -0.1) is 11.8 Å². The van der Waals surface area contributed by atoms with Crippen LogP contribution in [0.25, 0.3) is 0 Å². The van der Waals surface area contributed by atoms with Crippen molar-refractivity contribution in [2.45, 2.75) is 24.8 Å². The lowest BCUT2D eigenvalue weighted by Gasteiger charge is -2.10. The van der Waals surface area contributed by atoms with Gasteiger partial charge in [-0.05, 0) is 25.1 Å². The van der Waals surface area contributed by atoms with Gasteiger partial charge < -0.3 is 10.4 Å². The molecule has 90 valence electrons. The van der Waals surface area contributed by atoms with E-state index in [2.05, 4.69) is 12.2 Å². The molecule has 0 amide bonds. The molecular formula is C12H18FNOS. The van der Waals surface area contributed by atoms with E-state index in [4.69, 9.17) is 5.11 Å². The van der Waals surface area contributed by atoms with E-state index >= 15 is 0 Å². The van der Waals surface area contributed by atoms with Gasteiger partial charge in [0.05, 0.1) is 6.61 Å². The summed E-state index contributed by atoms with van der Waals surface area (Å²) < 4.78 is 13.6. The van der Waals surface area contributed by atoms with Gasteiger partial charge in [0, 0.05) is 22.8 Å². The van der Waals surface area contributed by atoms with E-state index in [9.17, 15) is 4.39 Å². The number of rotatable bonds is 7. The highest BCUT2D eigenvalue weighted by Crippen LogP contribution is 2.24. The maximum atomic E-state index is 13.6. The third-order valence-electron chi connectivity index (χ3n) is 2.15. The van der Waals surface area contributed by atoms with Gasteiger partial charge in [-0.1, -0.05) is 13.0 Å². The van der Waals surface area contributed by atoms with Crippen LogP contribution in [0.2, 0.25) is 0 Å². The van der Waals surface area contributed by atoms with Crippen molar-refractivity contribution in [1.29, 1.82) is 0 Å². The van der Waals surface area contributed by atoms with Gasteiger partial charge in [0.2, 0.25) is 0 Å². The van der Waals surface area contributed by atoms with Crippen LogP contribution >= 0.6 is 11.8 Å². The Hall–Kier alpha value is -0.580. The molecule has 1 aromatic carbocycles. The van der Waals surface area contributed by atoms with Crippen LogP contribution < -0.4 is 5.32 Å². The minimum absolute atomic E-state index is 0.114. The van der Waals surface area contributed by atoms with E-state index in [1.165, 1.54) is 17.8 Å². The summed E-state index contributed by atoms with van der Waals surface area (Å²) >= 11 is 1.49. The molecule has 16 heavy (non-hydrogen) atoms. The average molecular weight is 243 g/mol. The number of aliphatic hydroxyl groups is 1. The van der Waals surface area contributed by atoms with Crippen molar-refractivity contribution >= 4 is 11.8 Å². The molecule has 2 nitrogen and oxygen atoms in total. The van der Waals surface area contributed by atoms with E-state index in [-0.39, 0.29) is 12.4 Å². The van der Waals surface area contributed by atoms with Crippen molar-refractivity contribution in [2.75, 3.05) is 18.9 Å². The fraction of sp³-hybridized carbons (Fsp3) is 0.500. The zero-order valence-corrected chi connectivity index (χ0v) is 10.3. The van der Waals surface area contributed by atoms with Gasteiger partial charge in [0.25, 0.3) is 0 Å².